The summed E-state index contributed by atoms with van der Waals surface area (Å²) in [6.07, 6.45) is 1.79. The number of carbonyl (C=O) groups is 2. The number of benzene rings is 2. The number of piperazine rings is 1. The van der Waals surface area contributed by atoms with Crippen LogP contribution in [0.1, 0.15) is 11.1 Å². The maximum Gasteiger partial charge on any atom is 0.282 e. The maximum absolute atomic E-state index is 13.7. The normalized spacial score (nSPS) is 16.8. The van der Waals surface area contributed by atoms with Crippen LogP contribution in [0.3, 0.4) is 0 Å². The monoisotopic (exact) mass is 424 g/mol. The summed E-state index contributed by atoms with van der Waals surface area (Å²) in [4.78, 5) is 37.3. The zero-order chi connectivity index (χ0) is 22.1. The number of amides is 2. The molecule has 3 heterocycles. The van der Waals surface area contributed by atoms with Crippen molar-refractivity contribution in [3.05, 3.63) is 95.8 Å². The summed E-state index contributed by atoms with van der Waals surface area (Å²) in [5, 5.41) is 0. The number of para-hydroxylation sites is 1. The largest absolute Gasteiger partial charge is 0.363 e. The van der Waals surface area contributed by atoms with Crippen LogP contribution in [-0.2, 0) is 9.59 Å². The molecule has 1 saturated heterocycles. The van der Waals surface area contributed by atoms with Crippen LogP contribution in [0.5, 0.6) is 0 Å². The van der Waals surface area contributed by atoms with Crippen molar-refractivity contribution >= 4 is 28.9 Å². The van der Waals surface area contributed by atoms with Crippen molar-refractivity contribution in [1.29, 1.82) is 0 Å². The predicted octanol–water partition coefficient (Wildman–Crippen LogP) is 3.50. The number of anilines is 2. The highest BCUT2D eigenvalue weighted by atomic mass is 16.2. The van der Waals surface area contributed by atoms with Crippen LogP contribution in [0.25, 0.3) is 5.57 Å². The number of imide groups is 1. The molecule has 32 heavy (non-hydrogen) atoms. The summed E-state index contributed by atoms with van der Waals surface area (Å²) in [6, 6.07) is 22.9. The second-order valence-electron chi connectivity index (χ2n) is 7.98. The first-order valence-corrected chi connectivity index (χ1v) is 10.8. The van der Waals surface area contributed by atoms with Gasteiger partial charge in [-0.2, -0.15) is 0 Å². The first kappa shape index (κ1) is 20.0. The number of carbonyl (C=O) groups excluding carboxylic acids is 2. The van der Waals surface area contributed by atoms with Crippen LogP contribution in [-0.4, -0.2) is 47.9 Å². The molecule has 0 radical (unpaired) electrons. The molecule has 0 aliphatic carbocycles. The molecule has 2 aromatic carbocycles. The molecule has 0 N–H and O–H groups in total. The number of aromatic nitrogens is 1. The zero-order valence-electron chi connectivity index (χ0n) is 17.9. The van der Waals surface area contributed by atoms with Gasteiger partial charge >= 0.3 is 0 Å². The number of pyridine rings is 1. The van der Waals surface area contributed by atoms with Crippen molar-refractivity contribution in [2.45, 2.75) is 6.92 Å². The Morgan fingerprint density at radius 1 is 0.719 bits per heavy atom. The zero-order valence-corrected chi connectivity index (χ0v) is 17.9. The van der Waals surface area contributed by atoms with Gasteiger partial charge in [-0.05, 0) is 36.2 Å². The van der Waals surface area contributed by atoms with Crippen molar-refractivity contribution in [2.75, 3.05) is 36.0 Å². The minimum absolute atomic E-state index is 0.255. The van der Waals surface area contributed by atoms with Crippen LogP contribution in [0.15, 0.2) is 84.7 Å². The van der Waals surface area contributed by atoms with Gasteiger partial charge in [-0.1, -0.05) is 54.6 Å². The third-order valence-electron chi connectivity index (χ3n) is 6.05. The van der Waals surface area contributed by atoms with Gasteiger partial charge in [-0.3, -0.25) is 9.59 Å². The Kier molecular flexibility index (Phi) is 5.19. The number of aryl methyl sites for hydroxylation is 1. The lowest BCUT2D eigenvalue weighted by molar-refractivity contribution is -0.120. The van der Waals surface area contributed by atoms with E-state index in [-0.39, 0.29) is 11.8 Å². The Hall–Kier alpha value is -3.93. The third-order valence-corrected chi connectivity index (χ3v) is 6.05. The van der Waals surface area contributed by atoms with Crippen molar-refractivity contribution in [3.8, 4) is 0 Å². The molecule has 6 heteroatoms. The van der Waals surface area contributed by atoms with Gasteiger partial charge in [-0.25, -0.2) is 9.88 Å². The lowest BCUT2D eigenvalue weighted by Crippen LogP contribution is -2.48. The molecule has 2 aliphatic rings. The topological polar surface area (TPSA) is 56.8 Å². The molecule has 2 aliphatic heterocycles. The first-order valence-electron chi connectivity index (χ1n) is 10.8. The molecule has 160 valence electrons. The highest BCUT2D eigenvalue weighted by molar-refractivity contribution is 6.45. The predicted molar refractivity (Wildman–Crippen MR) is 125 cm³/mol. The summed E-state index contributed by atoms with van der Waals surface area (Å²) in [6.45, 7) is 4.66. The molecular formula is C26H24N4O2. The van der Waals surface area contributed by atoms with E-state index in [0.29, 0.717) is 30.0 Å². The fraction of sp³-hybridized carbons (Fsp3) is 0.192. The van der Waals surface area contributed by atoms with Crippen LogP contribution in [0.4, 0.5) is 11.5 Å². The quantitative estimate of drug-likeness (QED) is 0.600. The molecule has 1 fully saturated rings. The van der Waals surface area contributed by atoms with Crippen LogP contribution < -0.4 is 9.80 Å². The first-order chi connectivity index (χ1) is 15.6. The second-order valence-corrected chi connectivity index (χ2v) is 7.98. The number of nitrogens with zero attached hydrogens (tertiary/aromatic N) is 4. The third kappa shape index (κ3) is 3.43. The van der Waals surface area contributed by atoms with Crippen LogP contribution >= 0.6 is 0 Å². The van der Waals surface area contributed by atoms with Crippen LogP contribution in [0, 0.1) is 6.92 Å². The molecule has 0 atom stereocenters. The summed E-state index contributed by atoms with van der Waals surface area (Å²) >= 11 is 0. The van der Waals surface area contributed by atoms with Gasteiger partial charge in [0.2, 0.25) is 0 Å². The molecule has 0 bridgehead atoms. The standard InChI is InChI=1S/C26H24N4O2/c1-19-9-5-6-12-21(19)30-25(31)23(20-10-3-2-4-11-20)24(26(30)32)29-17-15-28(16-18-29)22-13-7-8-14-27-22/h2-14H,15-18H2,1H3. The number of rotatable bonds is 4. The van der Waals surface area contributed by atoms with E-state index in [9.17, 15) is 9.59 Å². The second kappa shape index (κ2) is 8.30. The Morgan fingerprint density at radius 3 is 2.06 bits per heavy atom. The maximum atomic E-state index is 13.7. The van der Waals surface area contributed by atoms with Gasteiger partial charge in [0.05, 0.1) is 11.3 Å². The summed E-state index contributed by atoms with van der Waals surface area (Å²) < 4.78 is 0. The van der Waals surface area contributed by atoms with Gasteiger partial charge in [0.15, 0.2) is 0 Å². The van der Waals surface area contributed by atoms with E-state index >= 15 is 0 Å². The van der Waals surface area contributed by atoms with Gasteiger partial charge in [-0.15, -0.1) is 0 Å². The molecular weight excluding hydrogens is 400 g/mol. The SMILES string of the molecule is Cc1ccccc1N1C(=O)C(c2ccccc2)=C(N2CCN(c3ccccn3)CC2)C1=O. The van der Waals surface area contributed by atoms with E-state index in [1.807, 2.05) is 79.7 Å². The molecule has 1 aromatic heterocycles. The average Bonchev–Trinajstić information content (AvgIpc) is 3.10. The van der Waals surface area contributed by atoms with Crippen LogP contribution in [0.2, 0.25) is 0 Å². The van der Waals surface area contributed by atoms with E-state index in [1.165, 1.54) is 4.90 Å². The molecule has 0 unspecified atom stereocenters. The van der Waals surface area contributed by atoms with Crippen molar-refractivity contribution < 1.29 is 9.59 Å². The Balaban J connectivity index is 1.50. The fourth-order valence-corrected chi connectivity index (χ4v) is 4.41. The molecule has 0 saturated carbocycles. The smallest absolute Gasteiger partial charge is 0.282 e. The highest BCUT2D eigenvalue weighted by Gasteiger charge is 2.43. The van der Waals surface area contributed by atoms with Crippen molar-refractivity contribution in [2.24, 2.45) is 0 Å². The molecule has 0 spiro atoms. The summed E-state index contributed by atoms with van der Waals surface area (Å²) in [7, 11) is 0. The minimum Gasteiger partial charge on any atom is -0.363 e. The minimum atomic E-state index is -0.266. The van der Waals surface area contributed by atoms with Crippen molar-refractivity contribution in [1.82, 2.24) is 9.88 Å². The Labute approximate surface area is 187 Å². The van der Waals surface area contributed by atoms with E-state index in [0.717, 1.165) is 30.0 Å². The Morgan fingerprint density at radius 2 is 1.38 bits per heavy atom. The lowest BCUT2D eigenvalue weighted by atomic mass is 10.0. The van der Waals surface area contributed by atoms with Crippen molar-refractivity contribution in [3.63, 3.8) is 0 Å². The average molecular weight is 425 g/mol. The van der Waals surface area contributed by atoms with Gasteiger partial charge < -0.3 is 9.80 Å². The van der Waals surface area contributed by atoms with E-state index in [1.54, 1.807) is 6.20 Å². The number of hydrogen-bond donors (Lipinski definition) is 0. The number of hydrogen-bond acceptors (Lipinski definition) is 5. The lowest BCUT2D eigenvalue weighted by Gasteiger charge is -2.37. The van der Waals surface area contributed by atoms with E-state index in [4.69, 9.17) is 0 Å². The molecule has 5 rings (SSSR count). The van der Waals surface area contributed by atoms with E-state index in [2.05, 4.69) is 14.8 Å². The highest BCUT2D eigenvalue weighted by Crippen LogP contribution is 2.36. The fourth-order valence-electron chi connectivity index (χ4n) is 4.41. The van der Waals surface area contributed by atoms with Gasteiger partial charge in [0.1, 0.15) is 11.5 Å². The summed E-state index contributed by atoms with van der Waals surface area (Å²) in [5.41, 5.74) is 3.26. The molecule has 3 aromatic rings. The Bertz CT molecular complexity index is 1180. The molecule has 2 amide bonds. The van der Waals surface area contributed by atoms with E-state index < -0.39 is 0 Å². The summed E-state index contributed by atoms with van der Waals surface area (Å²) in [5.74, 6) is 0.409. The van der Waals surface area contributed by atoms with Gasteiger partial charge in [0.25, 0.3) is 11.8 Å². The van der Waals surface area contributed by atoms with Gasteiger partial charge in [0, 0.05) is 32.4 Å². The molecule has 6 nitrogen and oxygen atoms in total.